The standard InChI is InChI=1S/C10H13BrN2O2/c1-6-2-3-7(11)4-9(6)13-10(15)8(12)5-14/h2-4,8,14H,5,12H2,1H3,(H,13,15). The number of carbonyl (C=O) groups is 1. The predicted octanol–water partition coefficient (Wildman–Crippen LogP) is 1.02. The van der Waals surface area contributed by atoms with Gasteiger partial charge in [0.2, 0.25) is 5.91 Å². The van der Waals surface area contributed by atoms with Gasteiger partial charge in [-0.25, -0.2) is 0 Å². The molecule has 0 saturated carbocycles. The molecule has 0 aliphatic rings. The number of aliphatic hydroxyl groups is 1. The summed E-state index contributed by atoms with van der Waals surface area (Å²) in [6, 6.07) is 4.67. The van der Waals surface area contributed by atoms with Crippen LogP contribution in [0.4, 0.5) is 5.69 Å². The Morgan fingerprint density at radius 2 is 2.33 bits per heavy atom. The van der Waals surface area contributed by atoms with Crippen LogP contribution in [-0.4, -0.2) is 23.7 Å². The van der Waals surface area contributed by atoms with Crippen molar-refractivity contribution in [1.29, 1.82) is 0 Å². The molecular weight excluding hydrogens is 260 g/mol. The maximum absolute atomic E-state index is 11.4. The molecule has 1 atom stereocenters. The second-order valence-electron chi connectivity index (χ2n) is 3.24. The highest BCUT2D eigenvalue weighted by atomic mass is 79.9. The minimum atomic E-state index is -0.886. The molecule has 0 fully saturated rings. The summed E-state index contributed by atoms with van der Waals surface area (Å²) >= 11 is 3.31. The van der Waals surface area contributed by atoms with E-state index in [1.54, 1.807) is 6.07 Å². The Morgan fingerprint density at radius 3 is 2.93 bits per heavy atom. The van der Waals surface area contributed by atoms with Crippen molar-refractivity contribution in [1.82, 2.24) is 0 Å². The summed E-state index contributed by atoms with van der Waals surface area (Å²) in [6.07, 6.45) is 0. The molecule has 4 N–H and O–H groups in total. The first-order chi connectivity index (χ1) is 7.04. The summed E-state index contributed by atoms with van der Waals surface area (Å²) in [6.45, 7) is 1.52. The average Bonchev–Trinajstić information content (AvgIpc) is 2.22. The Hall–Kier alpha value is -0.910. The number of hydrogen-bond donors (Lipinski definition) is 3. The number of amides is 1. The summed E-state index contributed by atoms with van der Waals surface area (Å²) in [4.78, 5) is 11.4. The molecule has 0 spiro atoms. The van der Waals surface area contributed by atoms with Crippen molar-refractivity contribution in [3.63, 3.8) is 0 Å². The zero-order valence-electron chi connectivity index (χ0n) is 8.33. The van der Waals surface area contributed by atoms with Crippen molar-refractivity contribution >= 4 is 27.5 Å². The van der Waals surface area contributed by atoms with Gasteiger partial charge in [0.05, 0.1) is 6.61 Å². The quantitative estimate of drug-likeness (QED) is 0.769. The van der Waals surface area contributed by atoms with E-state index in [4.69, 9.17) is 10.8 Å². The second kappa shape index (κ2) is 5.25. The summed E-state index contributed by atoms with van der Waals surface area (Å²) in [5.41, 5.74) is 7.01. The third-order valence-corrected chi connectivity index (χ3v) is 2.48. The summed E-state index contributed by atoms with van der Waals surface area (Å²) < 4.78 is 0.876. The predicted molar refractivity (Wildman–Crippen MR) is 62.6 cm³/mol. The van der Waals surface area contributed by atoms with Crippen LogP contribution in [0.1, 0.15) is 5.56 Å². The lowest BCUT2D eigenvalue weighted by Gasteiger charge is -2.11. The van der Waals surface area contributed by atoms with Crippen LogP contribution in [0.3, 0.4) is 0 Å². The summed E-state index contributed by atoms with van der Waals surface area (Å²) in [5.74, 6) is -0.390. The van der Waals surface area contributed by atoms with E-state index in [1.165, 1.54) is 0 Å². The van der Waals surface area contributed by atoms with E-state index in [0.717, 1.165) is 10.0 Å². The molecule has 15 heavy (non-hydrogen) atoms. The van der Waals surface area contributed by atoms with Crippen LogP contribution < -0.4 is 11.1 Å². The van der Waals surface area contributed by atoms with Gasteiger partial charge in [0.15, 0.2) is 0 Å². The molecule has 0 saturated heterocycles. The van der Waals surface area contributed by atoms with E-state index < -0.39 is 11.9 Å². The van der Waals surface area contributed by atoms with Crippen LogP contribution in [0.2, 0.25) is 0 Å². The van der Waals surface area contributed by atoms with Gasteiger partial charge in [0.1, 0.15) is 6.04 Å². The Kier molecular flexibility index (Phi) is 4.26. The fraction of sp³-hybridized carbons (Fsp3) is 0.300. The summed E-state index contributed by atoms with van der Waals surface area (Å²) in [7, 11) is 0. The van der Waals surface area contributed by atoms with E-state index in [0.29, 0.717) is 5.69 Å². The first kappa shape index (κ1) is 12.2. The van der Waals surface area contributed by atoms with Crippen molar-refractivity contribution in [3.8, 4) is 0 Å². The fourth-order valence-corrected chi connectivity index (χ4v) is 1.40. The van der Waals surface area contributed by atoms with Gasteiger partial charge in [-0.15, -0.1) is 0 Å². The van der Waals surface area contributed by atoms with Crippen molar-refractivity contribution in [2.45, 2.75) is 13.0 Å². The van der Waals surface area contributed by atoms with Crippen LogP contribution >= 0.6 is 15.9 Å². The normalized spacial score (nSPS) is 12.3. The van der Waals surface area contributed by atoms with Gasteiger partial charge in [-0.1, -0.05) is 22.0 Å². The number of aryl methyl sites for hydroxylation is 1. The Morgan fingerprint density at radius 1 is 1.67 bits per heavy atom. The van der Waals surface area contributed by atoms with Crippen molar-refractivity contribution in [2.75, 3.05) is 11.9 Å². The van der Waals surface area contributed by atoms with Crippen LogP contribution in [0.5, 0.6) is 0 Å². The van der Waals surface area contributed by atoms with Gasteiger partial charge in [-0.2, -0.15) is 0 Å². The van der Waals surface area contributed by atoms with Gasteiger partial charge >= 0.3 is 0 Å². The zero-order chi connectivity index (χ0) is 11.4. The van der Waals surface area contributed by atoms with Gasteiger partial charge in [0, 0.05) is 10.2 Å². The van der Waals surface area contributed by atoms with E-state index >= 15 is 0 Å². The summed E-state index contributed by atoms with van der Waals surface area (Å²) in [5, 5.41) is 11.4. The van der Waals surface area contributed by atoms with Crippen molar-refractivity contribution in [3.05, 3.63) is 28.2 Å². The number of nitrogens with one attached hydrogen (secondary N) is 1. The van der Waals surface area contributed by atoms with Gasteiger partial charge < -0.3 is 16.2 Å². The van der Waals surface area contributed by atoms with E-state index in [9.17, 15) is 4.79 Å². The molecule has 5 heteroatoms. The molecule has 1 aromatic carbocycles. The molecule has 0 aliphatic heterocycles. The number of nitrogens with two attached hydrogens (primary N) is 1. The fourth-order valence-electron chi connectivity index (χ4n) is 1.04. The SMILES string of the molecule is Cc1ccc(Br)cc1NC(=O)C(N)CO. The molecule has 4 nitrogen and oxygen atoms in total. The molecule has 0 bridgehead atoms. The minimum Gasteiger partial charge on any atom is -0.394 e. The molecular formula is C10H13BrN2O2. The molecule has 0 aromatic heterocycles. The third kappa shape index (κ3) is 3.30. The molecule has 0 radical (unpaired) electrons. The highest BCUT2D eigenvalue weighted by Crippen LogP contribution is 2.20. The third-order valence-electron chi connectivity index (χ3n) is 1.99. The smallest absolute Gasteiger partial charge is 0.243 e. The Bertz CT molecular complexity index is 368. The van der Waals surface area contributed by atoms with Crippen molar-refractivity contribution in [2.24, 2.45) is 5.73 Å². The van der Waals surface area contributed by atoms with Gasteiger partial charge in [0.25, 0.3) is 0 Å². The molecule has 1 rings (SSSR count). The van der Waals surface area contributed by atoms with Gasteiger partial charge in [-0.05, 0) is 24.6 Å². The number of anilines is 1. The van der Waals surface area contributed by atoms with E-state index in [2.05, 4.69) is 21.2 Å². The minimum absolute atomic E-state index is 0.362. The van der Waals surface area contributed by atoms with Crippen LogP contribution in [0, 0.1) is 6.92 Å². The maximum atomic E-state index is 11.4. The van der Waals surface area contributed by atoms with E-state index in [-0.39, 0.29) is 6.61 Å². The molecule has 1 unspecified atom stereocenters. The number of aliphatic hydroxyl groups excluding tert-OH is 1. The van der Waals surface area contributed by atoms with Crippen LogP contribution in [-0.2, 0) is 4.79 Å². The number of benzene rings is 1. The van der Waals surface area contributed by atoms with Crippen LogP contribution in [0.25, 0.3) is 0 Å². The lowest BCUT2D eigenvalue weighted by molar-refractivity contribution is -0.118. The first-order valence-corrected chi connectivity index (χ1v) is 5.27. The Balaban J connectivity index is 2.80. The average molecular weight is 273 g/mol. The van der Waals surface area contributed by atoms with Gasteiger partial charge in [-0.3, -0.25) is 4.79 Å². The maximum Gasteiger partial charge on any atom is 0.243 e. The van der Waals surface area contributed by atoms with E-state index in [1.807, 2.05) is 19.1 Å². The molecule has 82 valence electrons. The highest BCUT2D eigenvalue weighted by molar-refractivity contribution is 9.10. The molecule has 0 aliphatic carbocycles. The number of hydrogen-bond acceptors (Lipinski definition) is 3. The topological polar surface area (TPSA) is 75.4 Å². The monoisotopic (exact) mass is 272 g/mol. The lowest BCUT2D eigenvalue weighted by atomic mass is 10.2. The largest absolute Gasteiger partial charge is 0.394 e. The first-order valence-electron chi connectivity index (χ1n) is 4.48. The molecule has 1 aromatic rings. The molecule has 1 amide bonds. The number of halogens is 1. The number of carbonyl (C=O) groups excluding carboxylic acids is 1. The number of rotatable bonds is 3. The highest BCUT2D eigenvalue weighted by Gasteiger charge is 2.12. The Labute approximate surface area is 96.6 Å². The van der Waals surface area contributed by atoms with Crippen LogP contribution in [0.15, 0.2) is 22.7 Å². The zero-order valence-corrected chi connectivity index (χ0v) is 9.91. The molecule has 0 heterocycles. The lowest BCUT2D eigenvalue weighted by Crippen LogP contribution is -2.38. The van der Waals surface area contributed by atoms with Crippen molar-refractivity contribution < 1.29 is 9.90 Å². The second-order valence-corrected chi connectivity index (χ2v) is 4.15.